The summed E-state index contributed by atoms with van der Waals surface area (Å²) in [5, 5.41) is 8.44. The molecule has 0 aromatic heterocycles. The summed E-state index contributed by atoms with van der Waals surface area (Å²) in [5.74, 6) is -0.724. The van der Waals surface area contributed by atoms with E-state index in [2.05, 4.69) is 19.1 Å². The lowest BCUT2D eigenvalue weighted by atomic mass is 10.1. The molecule has 0 saturated carbocycles. The van der Waals surface area contributed by atoms with Crippen LogP contribution < -0.4 is 0 Å². The van der Waals surface area contributed by atoms with Gasteiger partial charge in [0.25, 0.3) is 0 Å². The monoisotopic (exact) mass is 252 g/mol. The minimum atomic E-state index is -0.724. The van der Waals surface area contributed by atoms with Crippen LogP contribution in [0.5, 0.6) is 0 Å². The molecule has 18 heavy (non-hydrogen) atoms. The van der Waals surface area contributed by atoms with Gasteiger partial charge < -0.3 is 5.11 Å². The van der Waals surface area contributed by atoms with E-state index in [0.717, 1.165) is 6.42 Å². The van der Waals surface area contributed by atoms with Gasteiger partial charge >= 0.3 is 5.97 Å². The van der Waals surface area contributed by atoms with Gasteiger partial charge in [0.1, 0.15) is 0 Å². The molecule has 0 aromatic rings. The van der Waals surface area contributed by atoms with Crippen molar-refractivity contribution in [1.29, 1.82) is 0 Å². The van der Waals surface area contributed by atoms with Crippen molar-refractivity contribution in [2.75, 3.05) is 0 Å². The molecule has 0 amide bonds. The number of carboxylic acids is 1. The second kappa shape index (κ2) is 14.0. The van der Waals surface area contributed by atoms with Crippen molar-refractivity contribution in [2.24, 2.45) is 0 Å². The van der Waals surface area contributed by atoms with E-state index in [1.165, 1.54) is 44.9 Å². The molecule has 0 aliphatic carbocycles. The van der Waals surface area contributed by atoms with Crippen molar-refractivity contribution in [1.82, 2.24) is 0 Å². The number of hydrogen-bond donors (Lipinski definition) is 1. The largest absolute Gasteiger partial charge is 0.481 e. The Morgan fingerprint density at radius 1 is 0.889 bits per heavy atom. The van der Waals surface area contributed by atoms with E-state index >= 15 is 0 Å². The molecule has 0 saturated heterocycles. The van der Waals surface area contributed by atoms with E-state index in [-0.39, 0.29) is 6.42 Å². The molecule has 0 fully saturated rings. The topological polar surface area (TPSA) is 37.3 Å². The van der Waals surface area contributed by atoms with Gasteiger partial charge in [-0.15, -0.1) is 0 Å². The van der Waals surface area contributed by atoms with Crippen molar-refractivity contribution in [3.05, 3.63) is 24.3 Å². The molecule has 0 unspecified atom stereocenters. The third-order valence-electron chi connectivity index (χ3n) is 2.85. The number of carboxylic acid groups (broad SMARTS) is 1. The SMILES string of the molecule is CCCCCCCC/C=C\C/C=C/CCC(=O)O. The van der Waals surface area contributed by atoms with Crippen LogP contribution in [-0.4, -0.2) is 11.1 Å². The first-order chi connectivity index (χ1) is 8.77. The molecule has 0 aromatic carbocycles. The van der Waals surface area contributed by atoms with Gasteiger partial charge in [-0.25, -0.2) is 0 Å². The lowest BCUT2D eigenvalue weighted by Crippen LogP contribution is -1.91. The van der Waals surface area contributed by atoms with Crippen LogP contribution in [0.3, 0.4) is 0 Å². The van der Waals surface area contributed by atoms with Crippen LogP contribution in [0, 0.1) is 0 Å². The van der Waals surface area contributed by atoms with E-state index in [1.54, 1.807) is 0 Å². The first-order valence-corrected chi connectivity index (χ1v) is 7.29. The van der Waals surface area contributed by atoms with Crippen molar-refractivity contribution >= 4 is 5.97 Å². The van der Waals surface area contributed by atoms with E-state index < -0.39 is 5.97 Å². The van der Waals surface area contributed by atoms with Gasteiger partial charge in [-0.1, -0.05) is 63.3 Å². The number of carbonyl (C=O) groups is 1. The van der Waals surface area contributed by atoms with Crippen molar-refractivity contribution in [3.8, 4) is 0 Å². The Kier molecular flexibility index (Phi) is 13.2. The van der Waals surface area contributed by atoms with Crippen molar-refractivity contribution < 1.29 is 9.90 Å². The van der Waals surface area contributed by atoms with E-state index in [9.17, 15) is 4.79 Å². The molecule has 0 radical (unpaired) electrons. The minimum absolute atomic E-state index is 0.234. The number of allylic oxidation sites excluding steroid dienone is 4. The zero-order chi connectivity index (χ0) is 13.5. The highest BCUT2D eigenvalue weighted by atomic mass is 16.4. The van der Waals surface area contributed by atoms with Crippen LogP contribution >= 0.6 is 0 Å². The summed E-state index contributed by atoms with van der Waals surface area (Å²) in [6.45, 7) is 2.24. The maximum atomic E-state index is 10.3. The fraction of sp³-hybridized carbons (Fsp3) is 0.688. The van der Waals surface area contributed by atoms with Crippen LogP contribution in [0.2, 0.25) is 0 Å². The standard InChI is InChI=1S/C16H28O2/c1-2-3-4-5-6-7-8-9-10-11-12-13-14-15-16(17)18/h9-10,12-13H,2-8,11,14-15H2,1H3,(H,17,18)/b10-9-,13-12+. The van der Waals surface area contributed by atoms with Gasteiger partial charge in [-0.05, 0) is 25.7 Å². The van der Waals surface area contributed by atoms with Crippen LogP contribution in [0.4, 0.5) is 0 Å². The maximum Gasteiger partial charge on any atom is 0.303 e. The van der Waals surface area contributed by atoms with E-state index in [0.29, 0.717) is 6.42 Å². The molecule has 0 spiro atoms. The number of unbranched alkanes of at least 4 members (excludes halogenated alkanes) is 6. The quantitative estimate of drug-likeness (QED) is 0.387. The molecule has 0 aliphatic rings. The maximum absolute atomic E-state index is 10.3. The van der Waals surface area contributed by atoms with Crippen LogP contribution in [-0.2, 0) is 4.79 Å². The van der Waals surface area contributed by atoms with Gasteiger partial charge in [0.15, 0.2) is 0 Å². The van der Waals surface area contributed by atoms with Crippen molar-refractivity contribution in [2.45, 2.75) is 71.1 Å². The van der Waals surface area contributed by atoms with Gasteiger partial charge in [-0.3, -0.25) is 4.79 Å². The average Bonchev–Trinajstić information content (AvgIpc) is 2.34. The predicted octanol–water partition coefficient (Wildman–Crippen LogP) is 5.10. The third kappa shape index (κ3) is 14.9. The molecule has 0 rings (SSSR count). The number of hydrogen-bond acceptors (Lipinski definition) is 1. The highest BCUT2D eigenvalue weighted by Crippen LogP contribution is 2.07. The van der Waals surface area contributed by atoms with Gasteiger partial charge in [0, 0.05) is 6.42 Å². The fourth-order valence-corrected chi connectivity index (χ4v) is 1.76. The van der Waals surface area contributed by atoms with Gasteiger partial charge in [-0.2, -0.15) is 0 Å². The van der Waals surface area contributed by atoms with Crippen LogP contribution in [0.25, 0.3) is 0 Å². The highest BCUT2D eigenvalue weighted by Gasteiger charge is 1.90. The Balaban J connectivity index is 3.20. The van der Waals surface area contributed by atoms with Crippen molar-refractivity contribution in [3.63, 3.8) is 0 Å². The van der Waals surface area contributed by atoms with E-state index in [4.69, 9.17) is 5.11 Å². The highest BCUT2D eigenvalue weighted by molar-refractivity contribution is 5.66. The molecule has 0 bridgehead atoms. The average molecular weight is 252 g/mol. The lowest BCUT2D eigenvalue weighted by molar-refractivity contribution is -0.136. The predicted molar refractivity (Wildman–Crippen MR) is 77.8 cm³/mol. The third-order valence-corrected chi connectivity index (χ3v) is 2.85. The second-order valence-corrected chi connectivity index (χ2v) is 4.67. The molecule has 0 aliphatic heterocycles. The second-order valence-electron chi connectivity index (χ2n) is 4.67. The molecule has 0 atom stereocenters. The summed E-state index contributed by atoms with van der Waals surface area (Å²) in [6, 6.07) is 0. The smallest absolute Gasteiger partial charge is 0.303 e. The van der Waals surface area contributed by atoms with Gasteiger partial charge in [0.2, 0.25) is 0 Å². The molecule has 104 valence electrons. The summed E-state index contributed by atoms with van der Waals surface area (Å²) < 4.78 is 0. The molecule has 2 heteroatoms. The molecular formula is C16H28O2. The Morgan fingerprint density at radius 2 is 1.50 bits per heavy atom. The lowest BCUT2D eigenvalue weighted by Gasteiger charge is -1.97. The number of rotatable bonds is 12. The minimum Gasteiger partial charge on any atom is -0.481 e. The van der Waals surface area contributed by atoms with Crippen LogP contribution in [0.15, 0.2) is 24.3 Å². The zero-order valence-corrected chi connectivity index (χ0v) is 11.7. The summed E-state index contributed by atoms with van der Waals surface area (Å²) in [4.78, 5) is 10.3. The fourth-order valence-electron chi connectivity index (χ4n) is 1.76. The molecule has 0 heterocycles. The van der Waals surface area contributed by atoms with E-state index in [1.807, 2.05) is 12.2 Å². The Hall–Kier alpha value is -1.05. The molecule has 1 N–H and O–H groups in total. The molecule has 2 nitrogen and oxygen atoms in total. The summed E-state index contributed by atoms with van der Waals surface area (Å²) in [7, 11) is 0. The first kappa shape index (κ1) is 16.9. The van der Waals surface area contributed by atoms with Crippen LogP contribution in [0.1, 0.15) is 71.1 Å². The Bertz CT molecular complexity index is 241. The zero-order valence-electron chi connectivity index (χ0n) is 11.7. The summed E-state index contributed by atoms with van der Waals surface area (Å²) in [6.07, 6.45) is 19.5. The number of aliphatic carboxylic acids is 1. The summed E-state index contributed by atoms with van der Waals surface area (Å²) in [5.41, 5.74) is 0. The van der Waals surface area contributed by atoms with Gasteiger partial charge in [0.05, 0.1) is 0 Å². The summed E-state index contributed by atoms with van der Waals surface area (Å²) >= 11 is 0. The Labute approximate surface area is 112 Å². The molecular weight excluding hydrogens is 224 g/mol. The Morgan fingerprint density at radius 3 is 2.17 bits per heavy atom. The first-order valence-electron chi connectivity index (χ1n) is 7.29. The normalized spacial score (nSPS) is 11.6.